The SMILES string of the molecule is Cc1cc(C(O)C(CN)c2ccccc2C)c(C)o1. The van der Waals surface area contributed by atoms with E-state index in [1.807, 2.05) is 51.1 Å². The molecule has 19 heavy (non-hydrogen) atoms. The van der Waals surface area contributed by atoms with Gasteiger partial charge in [-0.3, -0.25) is 0 Å². The molecule has 0 radical (unpaired) electrons. The van der Waals surface area contributed by atoms with Crippen molar-refractivity contribution in [1.29, 1.82) is 0 Å². The van der Waals surface area contributed by atoms with E-state index < -0.39 is 6.10 Å². The summed E-state index contributed by atoms with van der Waals surface area (Å²) < 4.78 is 5.50. The minimum atomic E-state index is -0.636. The molecule has 2 rings (SSSR count). The third kappa shape index (κ3) is 2.72. The van der Waals surface area contributed by atoms with Crippen LogP contribution in [0.5, 0.6) is 0 Å². The van der Waals surface area contributed by atoms with Crippen LogP contribution in [0.3, 0.4) is 0 Å². The second kappa shape index (κ2) is 5.59. The molecule has 1 aromatic carbocycles. The Balaban J connectivity index is 2.37. The fourth-order valence-electron chi connectivity index (χ4n) is 2.59. The first kappa shape index (κ1) is 13.8. The lowest BCUT2D eigenvalue weighted by Crippen LogP contribution is -2.21. The zero-order valence-electron chi connectivity index (χ0n) is 11.7. The van der Waals surface area contributed by atoms with Gasteiger partial charge in [0, 0.05) is 18.0 Å². The highest BCUT2D eigenvalue weighted by Gasteiger charge is 2.25. The van der Waals surface area contributed by atoms with E-state index in [0.29, 0.717) is 6.54 Å². The molecule has 0 saturated carbocycles. The van der Waals surface area contributed by atoms with E-state index in [0.717, 1.165) is 28.2 Å². The van der Waals surface area contributed by atoms with Gasteiger partial charge in [0.2, 0.25) is 0 Å². The van der Waals surface area contributed by atoms with Gasteiger partial charge >= 0.3 is 0 Å². The van der Waals surface area contributed by atoms with Crippen molar-refractivity contribution in [2.24, 2.45) is 5.73 Å². The van der Waals surface area contributed by atoms with Crippen LogP contribution in [0.4, 0.5) is 0 Å². The number of benzene rings is 1. The molecule has 2 unspecified atom stereocenters. The first-order chi connectivity index (χ1) is 9.04. The Bertz CT molecular complexity index is 560. The minimum Gasteiger partial charge on any atom is -0.466 e. The van der Waals surface area contributed by atoms with Crippen LogP contribution in [0.2, 0.25) is 0 Å². The molecule has 1 heterocycles. The molecule has 0 aliphatic carbocycles. The van der Waals surface area contributed by atoms with Gasteiger partial charge in [0.1, 0.15) is 11.5 Å². The van der Waals surface area contributed by atoms with E-state index in [4.69, 9.17) is 10.2 Å². The second-order valence-corrected chi connectivity index (χ2v) is 5.01. The molecule has 2 aromatic rings. The van der Waals surface area contributed by atoms with Crippen molar-refractivity contribution in [3.63, 3.8) is 0 Å². The summed E-state index contributed by atoms with van der Waals surface area (Å²) in [7, 11) is 0. The molecular formula is C16H21NO2. The average Bonchev–Trinajstić information content (AvgIpc) is 2.71. The average molecular weight is 259 g/mol. The zero-order chi connectivity index (χ0) is 14.0. The number of aliphatic hydroxyl groups excluding tert-OH is 1. The van der Waals surface area contributed by atoms with Crippen molar-refractivity contribution in [3.8, 4) is 0 Å². The van der Waals surface area contributed by atoms with Gasteiger partial charge in [-0.15, -0.1) is 0 Å². The van der Waals surface area contributed by atoms with Gasteiger partial charge in [-0.1, -0.05) is 24.3 Å². The lowest BCUT2D eigenvalue weighted by molar-refractivity contribution is 0.145. The highest BCUT2D eigenvalue weighted by Crippen LogP contribution is 2.34. The lowest BCUT2D eigenvalue weighted by Gasteiger charge is -2.23. The van der Waals surface area contributed by atoms with Gasteiger partial charge in [0.05, 0.1) is 6.10 Å². The maximum Gasteiger partial charge on any atom is 0.106 e. The van der Waals surface area contributed by atoms with E-state index in [1.54, 1.807) is 0 Å². The third-order valence-electron chi connectivity index (χ3n) is 3.62. The van der Waals surface area contributed by atoms with Crippen LogP contribution < -0.4 is 5.73 Å². The number of aryl methyl sites for hydroxylation is 3. The van der Waals surface area contributed by atoms with Crippen molar-refractivity contribution in [3.05, 3.63) is 58.5 Å². The summed E-state index contributed by atoms with van der Waals surface area (Å²) in [5.41, 5.74) is 8.95. The second-order valence-electron chi connectivity index (χ2n) is 5.01. The van der Waals surface area contributed by atoms with Crippen LogP contribution in [-0.4, -0.2) is 11.7 Å². The van der Waals surface area contributed by atoms with Gasteiger partial charge in [0.15, 0.2) is 0 Å². The van der Waals surface area contributed by atoms with E-state index in [9.17, 15) is 5.11 Å². The van der Waals surface area contributed by atoms with E-state index in [1.165, 1.54) is 0 Å². The largest absolute Gasteiger partial charge is 0.466 e. The summed E-state index contributed by atoms with van der Waals surface area (Å²) in [6, 6.07) is 9.93. The fourth-order valence-corrected chi connectivity index (χ4v) is 2.59. The summed E-state index contributed by atoms with van der Waals surface area (Å²) in [4.78, 5) is 0. The maximum absolute atomic E-state index is 10.6. The molecule has 0 aliphatic rings. The molecule has 102 valence electrons. The van der Waals surface area contributed by atoms with Gasteiger partial charge < -0.3 is 15.3 Å². The normalized spacial score (nSPS) is 14.4. The summed E-state index contributed by atoms with van der Waals surface area (Å²) >= 11 is 0. The van der Waals surface area contributed by atoms with Crippen LogP contribution in [0.25, 0.3) is 0 Å². The first-order valence-corrected chi connectivity index (χ1v) is 6.55. The van der Waals surface area contributed by atoms with Gasteiger partial charge in [-0.05, 0) is 38.0 Å². The van der Waals surface area contributed by atoms with Crippen LogP contribution in [0, 0.1) is 20.8 Å². The Morgan fingerprint density at radius 3 is 2.37 bits per heavy atom. The van der Waals surface area contributed by atoms with Crippen molar-refractivity contribution >= 4 is 0 Å². The lowest BCUT2D eigenvalue weighted by atomic mass is 9.87. The maximum atomic E-state index is 10.6. The standard InChI is InChI=1S/C16H21NO2/c1-10-6-4-5-7-13(10)15(9-17)16(18)14-8-11(2)19-12(14)3/h4-8,15-16,18H,9,17H2,1-3H3. The topological polar surface area (TPSA) is 59.4 Å². The first-order valence-electron chi connectivity index (χ1n) is 6.55. The summed E-state index contributed by atoms with van der Waals surface area (Å²) in [6.45, 7) is 6.19. The van der Waals surface area contributed by atoms with E-state index in [2.05, 4.69) is 0 Å². The van der Waals surface area contributed by atoms with Crippen molar-refractivity contribution in [1.82, 2.24) is 0 Å². The molecule has 3 nitrogen and oxygen atoms in total. The highest BCUT2D eigenvalue weighted by molar-refractivity contribution is 5.34. The number of aliphatic hydroxyl groups is 1. The molecule has 3 N–H and O–H groups in total. The van der Waals surface area contributed by atoms with Crippen molar-refractivity contribution < 1.29 is 9.52 Å². The predicted octanol–water partition coefficient (Wildman–Crippen LogP) is 2.98. The van der Waals surface area contributed by atoms with E-state index >= 15 is 0 Å². The van der Waals surface area contributed by atoms with Gasteiger partial charge in [-0.25, -0.2) is 0 Å². The molecule has 0 bridgehead atoms. The zero-order valence-corrected chi connectivity index (χ0v) is 11.7. The van der Waals surface area contributed by atoms with Crippen molar-refractivity contribution in [2.75, 3.05) is 6.54 Å². The van der Waals surface area contributed by atoms with Gasteiger partial charge in [-0.2, -0.15) is 0 Å². The Kier molecular flexibility index (Phi) is 4.08. The molecule has 0 saturated heterocycles. The summed E-state index contributed by atoms with van der Waals surface area (Å²) in [6.07, 6.45) is -0.636. The molecule has 2 atom stereocenters. The fraction of sp³-hybridized carbons (Fsp3) is 0.375. The number of hydrogen-bond acceptors (Lipinski definition) is 3. The molecule has 0 fully saturated rings. The smallest absolute Gasteiger partial charge is 0.106 e. The number of hydrogen-bond donors (Lipinski definition) is 2. The van der Waals surface area contributed by atoms with E-state index in [-0.39, 0.29) is 5.92 Å². The number of rotatable bonds is 4. The molecule has 0 spiro atoms. The molecule has 3 heteroatoms. The Labute approximate surface area is 114 Å². The van der Waals surface area contributed by atoms with Crippen LogP contribution >= 0.6 is 0 Å². The van der Waals surface area contributed by atoms with Gasteiger partial charge in [0.25, 0.3) is 0 Å². The summed E-state index contributed by atoms with van der Waals surface area (Å²) in [5, 5.41) is 10.6. The van der Waals surface area contributed by atoms with Crippen LogP contribution in [0.1, 0.15) is 40.2 Å². The molecule has 1 aromatic heterocycles. The summed E-state index contributed by atoms with van der Waals surface area (Å²) in [5.74, 6) is 1.46. The Morgan fingerprint density at radius 2 is 1.84 bits per heavy atom. The third-order valence-corrected chi connectivity index (χ3v) is 3.62. The minimum absolute atomic E-state index is 0.114. The molecular weight excluding hydrogens is 238 g/mol. The quantitative estimate of drug-likeness (QED) is 0.887. The molecule has 0 aliphatic heterocycles. The van der Waals surface area contributed by atoms with Crippen LogP contribution in [0.15, 0.2) is 34.7 Å². The number of nitrogens with two attached hydrogens (primary N) is 1. The predicted molar refractivity (Wildman–Crippen MR) is 76.1 cm³/mol. The highest BCUT2D eigenvalue weighted by atomic mass is 16.3. The van der Waals surface area contributed by atoms with Crippen molar-refractivity contribution in [2.45, 2.75) is 32.8 Å². The van der Waals surface area contributed by atoms with Crippen LogP contribution in [-0.2, 0) is 0 Å². The Hall–Kier alpha value is -1.58. The monoisotopic (exact) mass is 259 g/mol. The Morgan fingerprint density at radius 1 is 1.16 bits per heavy atom. The number of furan rings is 1. The molecule has 0 amide bonds.